The molecule has 0 radical (unpaired) electrons. The highest BCUT2D eigenvalue weighted by atomic mass is 35.5. The van der Waals surface area contributed by atoms with Gasteiger partial charge in [0, 0.05) is 57.1 Å². The molecule has 0 bridgehead atoms. The minimum atomic E-state index is -0.376. The monoisotopic (exact) mass is 366 g/mol. The first-order valence-corrected chi connectivity index (χ1v) is 8.72. The number of Topliss-reactive ketones (excluding diaryl/α,β-unsaturated/α-hetero) is 1. The zero-order chi connectivity index (χ0) is 18.1. The van der Waals surface area contributed by atoms with E-state index in [1.807, 2.05) is 36.5 Å². The third-order valence-electron chi connectivity index (χ3n) is 4.55. The molecule has 0 aliphatic carbocycles. The molecule has 2 heterocycles. The standard InChI is InChI=1S/C21H16ClFN2O/c22-17-5-3-6-18(23)15(17)8-9-21(26)13-10-20(24-11-13)16-12-25-19-7-2-1-4-14(16)19/h1-7,10-12,24-25H,8-9H2. The van der Waals surface area contributed by atoms with Crippen LogP contribution in [0.15, 0.2) is 60.9 Å². The number of nitrogens with one attached hydrogen (secondary N) is 2. The molecule has 0 fully saturated rings. The molecule has 0 amide bonds. The van der Waals surface area contributed by atoms with E-state index in [1.165, 1.54) is 6.07 Å². The zero-order valence-corrected chi connectivity index (χ0v) is 14.6. The topological polar surface area (TPSA) is 48.6 Å². The molecule has 0 spiro atoms. The van der Waals surface area contributed by atoms with Gasteiger partial charge in [-0.05, 0) is 30.7 Å². The molecule has 3 nitrogen and oxygen atoms in total. The normalized spacial score (nSPS) is 11.2. The van der Waals surface area contributed by atoms with Crippen molar-refractivity contribution in [2.45, 2.75) is 12.8 Å². The minimum absolute atomic E-state index is 0.0494. The van der Waals surface area contributed by atoms with Crippen LogP contribution >= 0.6 is 11.6 Å². The number of rotatable bonds is 5. The summed E-state index contributed by atoms with van der Waals surface area (Å²) in [7, 11) is 0. The van der Waals surface area contributed by atoms with E-state index in [-0.39, 0.29) is 24.4 Å². The number of hydrogen-bond acceptors (Lipinski definition) is 1. The molecule has 2 N–H and O–H groups in total. The summed E-state index contributed by atoms with van der Waals surface area (Å²) in [6.07, 6.45) is 4.09. The molecule has 130 valence electrons. The highest BCUT2D eigenvalue weighted by Crippen LogP contribution is 2.28. The highest BCUT2D eigenvalue weighted by molar-refractivity contribution is 6.31. The lowest BCUT2D eigenvalue weighted by Crippen LogP contribution is -2.01. The maximum absolute atomic E-state index is 13.8. The van der Waals surface area contributed by atoms with Crippen molar-refractivity contribution in [1.29, 1.82) is 0 Å². The van der Waals surface area contributed by atoms with E-state index < -0.39 is 0 Å². The Bertz CT molecular complexity index is 1080. The van der Waals surface area contributed by atoms with Crippen LogP contribution in [0.2, 0.25) is 5.02 Å². The summed E-state index contributed by atoms with van der Waals surface area (Å²) in [6.45, 7) is 0. The Kier molecular flexibility index (Phi) is 4.35. The van der Waals surface area contributed by atoms with Gasteiger partial charge in [-0.3, -0.25) is 4.79 Å². The Balaban J connectivity index is 1.53. The molecule has 0 saturated carbocycles. The zero-order valence-electron chi connectivity index (χ0n) is 13.9. The van der Waals surface area contributed by atoms with Crippen molar-refractivity contribution in [1.82, 2.24) is 9.97 Å². The van der Waals surface area contributed by atoms with Crippen LogP contribution in [0.5, 0.6) is 0 Å². The summed E-state index contributed by atoms with van der Waals surface area (Å²) in [4.78, 5) is 18.9. The molecule has 26 heavy (non-hydrogen) atoms. The molecule has 5 heteroatoms. The number of ketones is 1. The molecule has 4 rings (SSSR count). The van der Waals surface area contributed by atoms with Crippen LogP contribution in [0.1, 0.15) is 22.3 Å². The van der Waals surface area contributed by atoms with Gasteiger partial charge in [-0.2, -0.15) is 0 Å². The first-order chi connectivity index (χ1) is 12.6. The van der Waals surface area contributed by atoms with Crippen molar-refractivity contribution < 1.29 is 9.18 Å². The quantitative estimate of drug-likeness (QED) is 0.433. The lowest BCUT2D eigenvalue weighted by molar-refractivity contribution is 0.0983. The Labute approximate surface area is 154 Å². The summed E-state index contributed by atoms with van der Waals surface area (Å²) < 4.78 is 13.8. The van der Waals surface area contributed by atoms with E-state index in [0.29, 0.717) is 16.1 Å². The molecular formula is C21H16ClFN2O. The van der Waals surface area contributed by atoms with Gasteiger partial charge in [0.25, 0.3) is 0 Å². The van der Waals surface area contributed by atoms with Gasteiger partial charge in [0.05, 0.1) is 0 Å². The van der Waals surface area contributed by atoms with Crippen LogP contribution in [0.3, 0.4) is 0 Å². The van der Waals surface area contributed by atoms with Gasteiger partial charge in [-0.15, -0.1) is 0 Å². The van der Waals surface area contributed by atoms with Crippen LogP contribution < -0.4 is 0 Å². The molecular weight excluding hydrogens is 351 g/mol. The predicted octanol–water partition coefficient (Wildman–Crippen LogP) is 5.77. The van der Waals surface area contributed by atoms with Gasteiger partial charge < -0.3 is 9.97 Å². The van der Waals surface area contributed by atoms with Crippen LogP contribution in [0.25, 0.3) is 22.2 Å². The maximum atomic E-state index is 13.8. The van der Waals surface area contributed by atoms with Gasteiger partial charge in [-0.1, -0.05) is 35.9 Å². The van der Waals surface area contributed by atoms with Crippen molar-refractivity contribution in [3.8, 4) is 11.3 Å². The Hall–Kier alpha value is -2.85. The van der Waals surface area contributed by atoms with E-state index >= 15 is 0 Å². The summed E-state index contributed by atoms with van der Waals surface area (Å²) >= 11 is 6.03. The molecule has 4 aromatic rings. The molecule has 0 aliphatic heterocycles. The fourth-order valence-electron chi connectivity index (χ4n) is 3.16. The second-order valence-corrected chi connectivity index (χ2v) is 6.58. The van der Waals surface area contributed by atoms with Crippen LogP contribution in [-0.2, 0) is 6.42 Å². The van der Waals surface area contributed by atoms with Gasteiger partial charge >= 0.3 is 0 Å². The Morgan fingerprint density at radius 2 is 1.88 bits per heavy atom. The lowest BCUT2D eigenvalue weighted by atomic mass is 10.0. The van der Waals surface area contributed by atoms with Crippen molar-refractivity contribution in [3.05, 3.63) is 82.9 Å². The number of H-pyrrole nitrogens is 2. The van der Waals surface area contributed by atoms with Gasteiger partial charge in [0.1, 0.15) is 5.82 Å². The first-order valence-electron chi connectivity index (χ1n) is 8.34. The lowest BCUT2D eigenvalue weighted by Gasteiger charge is -2.04. The molecule has 0 unspecified atom stereocenters. The number of carbonyl (C=O) groups excluding carboxylic acids is 1. The van der Waals surface area contributed by atoms with Crippen LogP contribution in [-0.4, -0.2) is 15.8 Å². The summed E-state index contributed by atoms with van der Waals surface area (Å²) in [5.41, 5.74) is 3.89. The molecule has 0 aliphatic rings. The van der Waals surface area contributed by atoms with E-state index in [4.69, 9.17) is 11.6 Å². The smallest absolute Gasteiger partial charge is 0.164 e. The molecule has 0 atom stereocenters. The number of fused-ring (bicyclic) bond motifs is 1. The fourth-order valence-corrected chi connectivity index (χ4v) is 3.42. The van der Waals surface area contributed by atoms with E-state index in [9.17, 15) is 9.18 Å². The van der Waals surface area contributed by atoms with Crippen molar-refractivity contribution in [2.75, 3.05) is 0 Å². The van der Waals surface area contributed by atoms with E-state index in [1.54, 1.807) is 18.3 Å². The fraction of sp³-hybridized carbons (Fsp3) is 0.0952. The van der Waals surface area contributed by atoms with E-state index in [2.05, 4.69) is 9.97 Å². The largest absolute Gasteiger partial charge is 0.360 e. The average molecular weight is 367 g/mol. The first kappa shape index (κ1) is 16.6. The van der Waals surface area contributed by atoms with Gasteiger partial charge in [0.2, 0.25) is 0 Å². The van der Waals surface area contributed by atoms with Crippen molar-refractivity contribution >= 4 is 28.3 Å². The summed E-state index contributed by atoms with van der Waals surface area (Å²) in [5, 5.41) is 1.44. The summed E-state index contributed by atoms with van der Waals surface area (Å²) in [5.74, 6) is -0.425. The minimum Gasteiger partial charge on any atom is -0.360 e. The third-order valence-corrected chi connectivity index (χ3v) is 4.90. The highest BCUT2D eigenvalue weighted by Gasteiger charge is 2.14. The second kappa shape index (κ2) is 6.81. The van der Waals surface area contributed by atoms with Crippen molar-refractivity contribution in [3.63, 3.8) is 0 Å². The SMILES string of the molecule is O=C(CCc1c(F)cccc1Cl)c1c[nH]c(-c2c[nH]c3ccccc23)c1. The third kappa shape index (κ3) is 3.04. The second-order valence-electron chi connectivity index (χ2n) is 6.17. The maximum Gasteiger partial charge on any atom is 0.164 e. The van der Waals surface area contributed by atoms with E-state index in [0.717, 1.165) is 22.2 Å². The average Bonchev–Trinajstić information content (AvgIpc) is 3.28. The number of halogens is 2. The summed E-state index contributed by atoms with van der Waals surface area (Å²) in [6, 6.07) is 14.4. The number of hydrogen-bond donors (Lipinski definition) is 2. The Morgan fingerprint density at radius 1 is 1.04 bits per heavy atom. The number of carbonyl (C=O) groups is 1. The number of aromatic nitrogens is 2. The molecule has 2 aromatic carbocycles. The molecule has 0 saturated heterocycles. The van der Waals surface area contributed by atoms with Gasteiger partial charge in [0.15, 0.2) is 5.78 Å². The number of aromatic amines is 2. The van der Waals surface area contributed by atoms with Crippen LogP contribution in [0.4, 0.5) is 4.39 Å². The number of para-hydroxylation sites is 1. The Morgan fingerprint density at radius 3 is 2.73 bits per heavy atom. The predicted molar refractivity (Wildman–Crippen MR) is 102 cm³/mol. The van der Waals surface area contributed by atoms with Gasteiger partial charge in [-0.25, -0.2) is 4.39 Å². The van der Waals surface area contributed by atoms with Crippen molar-refractivity contribution in [2.24, 2.45) is 0 Å². The number of benzene rings is 2. The van der Waals surface area contributed by atoms with Crippen LogP contribution in [0, 0.1) is 5.82 Å². The molecule has 2 aromatic heterocycles.